The molecule has 0 aliphatic rings. The lowest BCUT2D eigenvalue weighted by Gasteiger charge is -2.14. The van der Waals surface area contributed by atoms with E-state index in [0.717, 1.165) is 5.56 Å². The smallest absolute Gasteiger partial charge is 0.256 e. The van der Waals surface area contributed by atoms with Crippen LogP contribution in [0.15, 0.2) is 43.0 Å². The van der Waals surface area contributed by atoms with Gasteiger partial charge in [-0.2, -0.15) is 20.1 Å². The summed E-state index contributed by atoms with van der Waals surface area (Å²) in [6.45, 7) is 2.00. The molecule has 0 aliphatic heterocycles. The molecule has 8 heteroatoms. The van der Waals surface area contributed by atoms with Crippen LogP contribution in [0.2, 0.25) is 5.28 Å². The van der Waals surface area contributed by atoms with Crippen LogP contribution >= 0.6 is 11.6 Å². The van der Waals surface area contributed by atoms with Crippen LogP contribution in [0.1, 0.15) is 18.5 Å². The highest BCUT2D eigenvalue weighted by molar-refractivity contribution is 6.28. The maximum Gasteiger partial charge on any atom is 0.256 e. The van der Waals surface area contributed by atoms with Crippen molar-refractivity contribution >= 4 is 17.5 Å². The van der Waals surface area contributed by atoms with Crippen LogP contribution in [0.5, 0.6) is 0 Å². The first-order valence-electron chi connectivity index (χ1n) is 6.30. The fourth-order valence-corrected chi connectivity index (χ4v) is 1.98. The molecule has 7 nitrogen and oxygen atoms in total. The average Bonchev–Trinajstić information content (AvgIpc) is 3.02. The van der Waals surface area contributed by atoms with Crippen molar-refractivity contribution in [3.8, 4) is 5.95 Å². The predicted octanol–water partition coefficient (Wildman–Crippen LogP) is 2.28. The van der Waals surface area contributed by atoms with Gasteiger partial charge in [-0.3, -0.25) is 4.98 Å². The van der Waals surface area contributed by atoms with E-state index in [1.807, 2.05) is 19.1 Å². The average molecular weight is 302 g/mol. The van der Waals surface area contributed by atoms with Gasteiger partial charge in [0.15, 0.2) is 0 Å². The van der Waals surface area contributed by atoms with E-state index in [1.165, 1.54) is 4.68 Å². The topological polar surface area (TPSA) is 81.4 Å². The Labute approximate surface area is 126 Å². The Balaban J connectivity index is 1.86. The molecule has 0 aromatic carbocycles. The minimum atomic E-state index is 0.0111. The highest BCUT2D eigenvalue weighted by atomic mass is 35.5. The summed E-state index contributed by atoms with van der Waals surface area (Å²) in [4.78, 5) is 16.4. The molecule has 1 unspecified atom stereocenters. The molecule has 0 saturated heterocycles. The largest absolute Gasteiger partial charge is 0.348 e. The Morgan fingerprint density at radius 2 is 1.95 bits per heavy atom. The maximum atomic E-state index is 5.94. The van der Waals surface area contributed by atoms with E-state index in [9.17, 15) is 0 Å². The Hall–Kier alpha value is -2.54. The first-order chi connectivity index (χ1) is 10.2. The van der Waals surface area contributed by atoms with E-state index in [4.69, 9.17) is 11.6 Å². The van der Waals surface area contributed by atoms with Gasteiger partial charge in [0, 0.05) is 24.8 Å². The van der Waals surface area contributed by atoms with Crippen LogP contribution < -0.4 is 5.32 Å². The Kier molecular flexibility index (Phi) is 3.74. The van der Waals surface area contributed by atoms with Crippen LogP contribution in [0.4, 0.5) is 5.95 Å². The number of rotatable bonds is 4. The number of hydrogen-bond donors (Lipinski definition) is 1. The second kappa shape index (κ2) is 5.84. The van der Waals surface area contributed by atoms with Gasteiger partial charge in [0.25, 0.3) is 5.95 Å². The summed E-state index contributed by atoms with van der Waals surface area (Å²) in [7, 11) is 0. The molecule has 0 radical (unpaired) electrons. The van der Waals surface area contributed by atoms with Crippen molar-refractivity contribution in [2.75, 3.05) is 5.32 Å². The third-order valence-electron chi connectivity index (χ3n) is 2.86. The maximum absolute atomic E-state index is 5.94. The summed E-state index contributed by atoms with van der Waals surface area (Å²) in [5, 5.41) is 7.37. The molecule has 0 amide bonds. The number of pyridine rings is 1. The van der Waals surface area contributed by atoms with Gasteiger partial charge in [0.05, 0.1) is 6.04 Å². The third kappa shape index (κ3) is 3.14. The van der Waals surface area contributed by atoms with Gasteiger partial charge >= 0.3 is 0 Å². The monoisotopic (exact) mass is 301 g/mol. The fourth-order valence-electron chi connectivity index (χ4n) is 1.82. The fraction of sp³-hybridized carbons (Fsp3) is 0.154. The summed E-state index contributed by atoms with van der Waals surface area (Å²) >= 11 is 5.94. The van der Waals surface area contributed by atoms with Crippen molar-refractivity contribution in [3.63, 3.8) is 0 Å². The molecule has 0 fully saturated rings. The van der Waals surface area contributed by atoms with E-state index in [0.29, 0.717) is 11.9 Å². The summed E-state index contributed by atoms with van der Waals surface area (Å²) in [5.41, 5.74) is 1.07. The predicted molar refractivity (Wildman–Crippen MR) is 78.2 cm³/mol. The van der Waals surface area contributed by atoms with E-state index >= 15 is 0 Å². The standard InChI is InChI=1S/C13H12ClN7/c1-9(10-3-6-15-7-4-10)17-12-18-11(14)19-13(20-12)21-8-2-5-16-21/h2-9H,1H3,(H,17,18,19,20). The molecule has 0 bridgehead atoms. The lowest BCUT2D eigenvalue weighted by Crippen LogP contribution is -2.12. The Morgan fingerprint density at radius 1 is 1.14 bits per heavy atom. The highest BCUT2D eigenvalue weighted by Gasteiger charge is 2.10. The second-order valence-corrected chi connectivity index (χ2v) is 4.66. The second-order valence-electron chi connectivity index (χ2n) is 4.33. The summed E-state index contributed by atoms with van der Waals surface area (Å²) < 4.78 is 1.52. The van der Waals surface area contributed by atoms with Gasteiger partial charge in [0.1, 0.15) is 0 Å². The molecular formula is C13H12ClN7. The van der Waals surface area contributed by atoms with E-state index < -0.39 is 0 Å². The van der Waals surface area contributed by atoms with E-state index in [2.05, 4.69) is 30.4 Å². The van der Waals surface area contributed by atoms with Gasteiger partial charge in [-0.1, -0.05) is 0 Å². The van der Waals surface area contributed by atoms with Crippen LogP contribution in [0, 0.1) is 0 Å². The minimum absolute atomic E-state index is 0.0111. The Bertz CT molecular complexity index is 715. The summed E-state index contributed by atoms with van der Waals surface area (Å²) in [6.07, 6.45) is 6.86. The number of nitrogens with one attached hydrogen (secondary N) is 1. The molecule has 21 heavy (non-hydrogen) atoms. The van der Waals surface area contributed by atoms with Crippen LogP contribution in [0.25, 0.3) is 5.95 Å². The molecule has 3 aromatic rings. The lowest BCUT2D eigenvalue weighted by molar-refractivity contribution is 0.783. The molecule has 3 rings (SSSR count). The Morgan fingerprint density at radius 3 is 2.67 bits per heavy atom. The zero-order valence-electron chi connectivity index (χ0n) is 11.2. The lowest BCUT2D eigenvalue weighted by atomic mass is 10.1. The molecule has 106 valence electrons. The molecule has 3 aromatic heterocycles. The van der Waals surface area contributed by atoms with Gasteiger partial charge in [0.2, 0.25) is 11.2 Å². The first kappa shape index (κ1) is 13.4. The van der Waals surface area contributed by atoms with Crippen molar-refractivity contribution < 1.29 is 0 Å². The molecule has 1 atom stereocenters. The van der Waals surface area contributed by atoms with Crippen LogP contribution in [0.3, 0.4) is 0 Å². The zero-order chi connectivity index (χ0) is 14.7. The number of hydrogen-bond acceptors (Lipinski definition) is 6. The normalized spacial score (nSPS) is 12.1. The SMILES string of the molecule is CC(Nc1nc(Cl)nc(-n2cccn2)n1)c1ccncc1. The van der Waals surface area contributed by atoms with Gasteiger partial charge in [-0.15, -0.1) is 0 Å². The van der Waals surface area contributed by atoms with E-state index in [-0.39, 0.29) is 11.3 Å². The number of anilines is 1. The molecular weight excluding hydrogens is 290 g/mol. The molecule has 1 N–H and O–H groups in total. The first-order valence-corrected chi connectivity index (χ1v) is 6.68. The molecule has 0 spiro atoms. The van der Waals surface area contributed by atoms with Crippen molar-refractivity contribution in [3.05, 3.63) is 53.8 Å². The van der Waals surface area contributed by atoms with Gasteiger partial charge in [-0.25, -0.2) is 4.68 Å². The number of aromatic nitrogens is 6. The molecule has 0 aliphatic carbocycles. The summed E-state index contributed by atoms with van der Waals surface area (Å²) in [6, 6.07) is 5.64. The molecule has 3 heterocycles. The summed E-state index contributed by atoms with van der Waals surface area (Å²) in [5.74, 6) is 0.759. The zero-order valence-corrected chi connectivity index (χ0v) is 11.9. The molecule has 0 saturated carbocycles. The van der Waals surface area contributed by atoms with Crippen molar-refractivity contribution in [2.45, 2.75) is 13.0 Å². The highest BCUT2D eigenvalue weighted by Crippen LogP contribution is 2.17. The van der Waals surface area contributed by atoms with Crippen LogP contribution in [-0.2, 0) is 0 Å². The van der Waals surface area contributed by atoms with Gasteiger partial charge in [-0.05, 0) is 42.3 Å². The van der Waals surface area contributed by atoms with Crippen molar-refractivity contribution in [1.82, 2.24) is 29.7 Å². The quantitative estimate of drug-likeness (QED) is 0.796. The van der Waals surface area contributed by atoms with Crippen molar-refractivity contribution in [2.24, 2.45) is 0 Å². The minimum Gasteiger partial charge on any atom is -0.348 e. The third-order valence-corrected chi connectivity index (χ3v) is 3.03. The van der Waals surface area contributed by atoms with E-state index in [1.54, 1.807) is 30.9 Å². The number of nitrogens with zero attached hydrogens (tertiary/aromatic N) is 6. The van der Waals surface area contributed by atoms with Gasteiger partial charge < -0.3 is 5.32 Å². The van der Waals surface area contributed by atoms with Crippen molar-refractivity contribution in [1.29, 1.82) is 0 Å². The van der Waals surface area contributed by atoms with Crippen LogP contribution in [-0.4, -0.2) is 29.7 Å². The number of halogens is 1.